The smallest absolute Gasteiger partial charge is 0.153 e. The number of hydrogen-bond acceptors (Lipinski definition) is 5. The van der Waals surface area contributed by atoms with Crippen molar-refractivity contribution >= 4 is 34.1 Å². The van der Waals surface area contributed by atoms with Crippen LogP contribution in [0.2, 0.25) is 0 Å². The van der Waals surface area contributed by atoms with Crippen molar-refractivity contribution < 1.29 is 0 Å². The maximum atomic E-state index is 5.75. The number of hydrogen-bond donors (Lipinski definition) is 2. The molecule has 1 heterocycles. The molecular formula is C9H17N3S2. The average Bonchev–Trinajstić information content (AvgIpc) is 2.55. The van der Waals surface area contributed by atoms with Crippen LogP contribution in [-0.2, 0) is 0 Å². The van der Waals surface area contributed by atoms with E-state index in [4.69, 9.17) is 5.73 Å². The van der Waals surface area contributed by atoms with E-state index in [1.165, 1.54) is 11.5 Å². The van der Waals surface area contributed by atoms with E-state index in [1.54, 1.807) is 11.8 Å². The SMILES string of the molecule is CCC(CC)Nc1snc(N)c1SC. The van der Waals surface area contributed by atoms with Crippen LogP contribution >= 0.6 is 23.3 Å². The van der Waals surface area contributed by atoms with Crippen molar-refractivity contribution in [2.75, 3.05) is 17.3 Å². The fourth-order valence-corrected chi connectivity index (χ4v) is 2.87. The highest BCUT2D eigenvalue weighted by Crippen LogP contribution is 2.35. The van der Waals surface area contributed by atoms with Gasteiger partial charge in [0.1, 0.15) is 5.00 Å². The Morgan fingerprint density at radius 3 is 2.64 bits per heavy atom. The van der Waals surface area contributed by atoms with Crippen molar-refractivity contribution in [3.05, 3.63) is 0 Å². The van der Waals surface area contributed by atoms with Gasteiger partial charge in [0.15, 0.2) is 5.82 Å². The molecule has 1 aromatic rings. The van der Waals surface area contributed by atoms with Crippen molar-refractivity contribution in [2.45, 2.75) is 37.6 Å². The average molecular weight is 231 g/mol. The first-order valence-electron chi connectivity index (χ1n) is 4.78. The number of nitrogen functional groups attached to an aromatic ring is 1. The number of nitrogens with one attached hydrogen (secondary N) is 1. The molecule has 80 valence electrons. The van der Waals surface area contributed by atoms with Crippen LogP contribution in [0.3, 0.4) is 0 Å². The number of aromatic nitrogens is 1. The van der Waals surface area contributed by atoms with Crippen molar-refractivity contribution in [1.82, 2.24) is 4.37 Å². The third-order valence-electron chi connectivity index (χ3n) is 2.20. The van der Waals surface area contributed by atoms with E-state index in [-0.39, 0.29) is 0 Å². The number of rotatable bonds is 5. The molecule has 0 saturated heterocycles. The van der Waals surface area contributed by atoms with Gasteiger partial charge in [-0.15, -0.1) is 11.8 Å². The molecule has 0 amide bonds. The second-order valence-electron chi connectivity index (χ2n) is 3.09. The van der Waals surface area contributed by atoms with Crippen LogP contribution in [0.1, 0.15) is 26.7 Å². The summed E-state index contributed by atoms with van der Waals surface area (Å²) in [6.07, 6.45) is 4.28. The summed E-state index contributed by atoms with van der Waals surface area (Å²) in [6, 6.07) is 0.528. The lowest BCUT2D eigenvalue weighted by atomic mass is 10.2. The molecule has 0 fully saturated rings. The van der Waals surface area contributed by atoms with Gasteiger partial charge in [0, 0.05) is 6.04 Å². The van der Waals surface area contributed by atoms with Gasteiger partial charge in [-0.05, 0) is 30.6 Å². The first-order chi connectivity index (χ1) is 6.72. The van der Waals surface area contributed by atoms with Crippen LogP contribution in [0.15, 0.2) is 4.90 Å². The monoisotopic (exact) mass is 231 g/mol. The number of anilines is 2. The molecule has 0 aromatic carbocycles. The lowest BCUT2D eigenvalue weighted by Gasteiger charge is -2.14. The van der Waals surface area contributed by atoms with Crippen LogP contribution in [0.4, 0.5) is 10.8 Å². The molecule has 3 nitrogen and oxygen atoms in total. The molecule has 5 heteroatoms. The van der Waals surface area contributed by atoms with Crippen molar-refractivity contribution in [3.63, 3.8) is 0 Å². The third-order valence-corrected chi connectivity index (χ3v) is 3.94. The second kappa shape index (κ2) is 5.46. The minimum absolute atomic E-state index is 0.528. The van der Waals surface area contributed by atoms with Gasteiger partial charge in [-0.1, -0.05) is 13.8 Å². The molecule has 0 aliphatic heterocycles. The van der Waals surface area contributed by atoms with E-state index in [2.05, 4.69) is 23.5 Å². The predicted octanol–water partition coefficient (Wildman–Crippen LogP) is 3.05. The van der Waals surface area contributed by atoms with Gasteiger partial charge in [0.05, 0.1) is 4.90 Å². The van der Waals surface area contributed by atoms with Crippen LogP contribution in [0, 0.1) is 0 Å². The van der Waals surface area contributed by atoms with Crippen molar-refractivity contribution in [3.8, 4) is 0 Å². The van der Waals surface area contributed by atoms with Gasteiger partial charge in [-0.2, -0.15) is 4.37 Å². The van der Waals surface area contributed by atoms with Gasteiger partial charge in [0.25, 0.3) is 0 Å². The topological polar surface area (TPSA) is 50.9 Å². The molecule has 0 aliphatic carbocycles. The summed E-state index contributed by atoms with van der Waals surface area (Å²) >= 11 is 3.10. The van der Waals surface area contributed by atoms with Crippen LogP contribution in [0.5, 0.6) is 0 Å². The first kappa shape index (κ1) is 11.7. The highest BCUT2D eigenvalue weighted by atomic mass is 32.2. The number of nitrogens with two attached hydrogens (primary N) is 1. The predicted molar refractivity (Wildman–Crippen MR) is 66.3 cm³/mol. The molecule has 3 N–H and O–H groups in total. The third kappa shape index (κ3) is 2.54. The highest BCUT2D eigenvalue weighted by molar-refractivity contribution is 7.99. The summed E-state index contributed by atoms with van der Waals surface area (Å²) < 4.78 is 4.15. The summed E-state index contributed by atoms with van der Waals surface area (Å²) in [5.41, 5.74) is 5.75. The fourth-order valence-electron chi connectivity index (χ4n) is 1.26. The molecular weight excluding hydrogens is 214 g/mol. The van der Waals surface area contributed by atoms with Gasteiger partial charge >= 0.3 is 0 Å². The molecule has 14 heavy (non-hydrogen) atoms. The quantitative estimate of drug-likeness (QED) is 0.765. The van der Waals surface area contributed by atoms with E-state index >= 15 is 0 Å². The summed E-state index contributed by atoms with van der Waals surface area (Å²) in [6.45, 7) is 4.37. The molecule has 0 aliphatic rings. The fraction of sp³-hybridized carbons (Fsp3) is 0.667. The summed E-state index contributed by atoms with van der Waals surface area (Å²) in [7, 11) is 0. The van der Waals surface area contributed by atoms with Gasteiger partial charge in [0.2, 0.25) is 0 Å². The molecule has 0 atom stereocenters. The largest absolute Gasteiger partial charge is 0.382 e. The lowest BCUT2D eigenvalue weighted by molar-refractivity contribution is 0.672. The Labute approximate surface area is 93.6 Å². The number of nitrogens with zero attached hydrogens (tertiary/aromatic N) is 1. The van der Waals surface area contributed by atoms with Gasteiger partial charge in [-0.25, -0.2) is 0 Å². The summed E-state index contributed by atoms with van der Waals surface area (Å²) in [5.74, 6) is 0.649. The first-order valence-corrected chi connectivity index (χ1v) is 6.78. The zero-order valence-electron chi connectivity index (χ0n) is 8.83. The minimum Gasteiger partial charge on any atom is -0.382 e. The molecule has 0 bridgehead atoms. The zero-order valence-corrected chi connectivity index (χ0v) is 10.5. The van der Waals surface area contributed by atoms with Gasteiger partial charge in [-0.3, -0.25) is 0 Å². The van der Waals surface area contributed by atoms with Gasteiger partial charge < -0.3 is 11.1 Å². The Kier molecular flexibility index (Phi) is 4.54. The molecule has 0 saturated carbocycles. The van der Waals surface area contributed by atoms with Crippen molar-refractivity contribution in [1.29, 1.82) is 0 Å². The van der Waals surface area contributed by atoms with E-state index in [1.807, 2.05) is 6.26 Å². The molecule has 0 unspecified atom stereocenters. The van der Waals surface area contributed by atoms with E-state index in [0.717, 1.165) is 22.7 Å². The van der Waals surface area contributed by atoms with Crippen molar-refractivity contribution in [2.24, 2.45) is 0 Å². The van der Waals surface area contributed by atoms with Crippen LogP contribution < -0.4 is 11.1 Å². The van der Waals surface area contributed by atoms with E-state index in [9.17, 15) is 0 Å². The molecule has 0 spiro atoms. The number of thioether (sulfide) groups is 1. The summed E-state index contributed by atoms with van der Waals surface area (Å²) in [4.78, 5) is 1.09. The Balaban J connectivity index is 2.74. The lowest BCUT2D eigenvalue weighted by Crippen LogP contribution is -2.16. The standard InChI is InChI=1S/C9H17N3S2/c1-4-6(5-2)11-9-7(13-3)8(10)12-14-9/h6,11H,4-5H2,1-3H3,(H2,10,12). The molecule has 1 rings (SSSR count). The Morgan fingerprint density at radius 1 is 1.50 bits per heavy atom. The Morgan fingerprint density at radius 2 is 2.14 bits per heavy atom. The van der Waals surface area contributed by atoms with E-state index < -0.39 is 0 Å². The highest BCUT2D eigenvalue weighted by Gasteiger charge is 2.12. The Hall–Kier alpha value is -0.420. The van der Waals surface area contributed by atoms with Crippen LogP contribution in [-0.4, -0.2) is 16.7 Å². The molecule has 0 radical (unpaired) electrons. The minimum atomic E-state index is 0.528. The Bertz CT molecular complexity index is 282. The molecule has 1 aromatic heterocycles. The summed E-state index contributed by atoms with van der Waals surface area (Å²) in [5, 5.41) is 4.59. The second-order valence-corrected chi connectivity index (χ2v) is 4.68. The van der Waals surface area contributed by atoms with Crippen LogP contribution in [0.25, 0.3) is 0 Å². The normalized spacial score (nSPS) is 10.9. The zero-order chi connectivity index (χ0) is 10.6. The maximum Gasteiger partial charge on any atom is 0.153 e. The maximum absolute atomic E-state index is 5.75. The van der Waals surface area contributed by atoms with E-state index in [0.29, 0.717) is 11.9 Å².